The molecule has 2 rings (SSSR count). The Morgan fingerprint density at radius 3 is 1.92 bits per heavy atom. The molecule has 0 fully saturated rings. The quantitative estimate of drug-likeness (QED) is 0.142. The Morgan fingerprint density at radius 1 is 0.717 bits per heavy atom. The van der Waals surface area contributed by atoms with Crippen LogP contribution in [0, 0.1) is 0 Å². The number of nitrogens with one attached hydrogen (secondary N) is 4. The number of nitrogens with zero attached hydrogens (tertiary/aromatic N) is 1. The number of carbonyl (C=O) groups is 5. The lowest BCUT2D eigenvalue weighted by Crippen LogP contribution is -2.56. The number of thioether (sulfide) groups is 2. The summed E-state index contributed by atoms with van der Waals surface area (Å²) in [6.45, 7) is 11.1. The summed E-state index contributed by atoms with van der Waals surface area (Å²) < 4.78 is 11.3. The summed E-state index contributed by atoms with van der Waals surface area (Å²) in [5.41, 5.74) is 0.455. The summed E-state index contributed by atoms with van der Waals surface area (Å²) in [5.74, 6) is 0.221. The van der Waals surface area contributed by atoms with Crippen molar-refractivity contribution in [2.45, 2.75) is 96.6 Å². The smallest absolute Gasteiger partial charge is 0.408 e. The van der Waals surface area contributed by atoms with Gasteiger partial charge in [0.25, 0.3) is 0 Å². The first-order chi connectivity index (χ1) is 24.9. The number of alkyl carbamates (subject to hydrolysis) is 1. The normalized spacial score (nSPS) is 13.2. The maximum absolute atomic E-state index is 13.8. The first-order valence-corrected chi connectivity index (χ1v) is 20.6. The standard InChI is InChI=1S/C39H59N5O7S2/c1-38(2,3)50-29-18-16-28(17-19-29)24-31(43-37(49)51-39(4,5)6)35(47)42-30(20-23-53-9)34(46)41-26-33(45)44(7)32(25-27-14-11-10-12-15-27)36(48)40-21-13-22-52-8/h10-12,14-19,30-32H,13,20-26H2,1-9H3,(H,40,48)(H,41,46)(H,42,47)(H,43,49)/t30-,31+,32+/m1/s1. The molecule has 0 aromatic heterocycles. The molecule has 294 valence electrons. The highest BCUT2D eigenvalue weighted by molar-refractivity contribution is 7.98. The van der Waals surface area contributed by atoms with Crippen molar-refractivity contribution in [2.24, 2.45) is 0 Å². The number of amides is 5. The summed E-state index contributed by atoms with van der Waals surface area (Å²) in [5, 5.41) is 11.1. The van der Waals surface area contributed by atoms with Gasteiger partial charge in [-0.05, 0) is 102 Å². The van der Waals surface area contributed by atoms with Crippen molar-refractivity contribution in [3.63, 3.8) is 0 Å². The van der Waals surface area contributed by atoms with Crippen LogP contribution in [-0.4, -0.2) is 108 Å². The molecule has 0 radical (unpaired) electrons. The maximum atomic E-state index is 13.8. The number of hydrogen-bond donors (Lipinski definition) is 4. The molecule has 0 heterocycles. The predicted molar refractivity (Wildman–Crippen MR) is 214 cm³/mol. The average molecular weight is 774 g/mol. The van der Waals surface area contributed by atoms with E-state index in [1.165, 1.54) is 16.7 Å². The first kappa shape index (κ1) is 45.2. The molecule has 53 heavy (non-hydrogen) atoms. The Balaban J connectivity index is 2.20. The molecular formula is C39H59N5O7S2. The summed E-state index contributed by atoms with van der Waals surface area (Å²) in [6, 6.07) is 13.8. The van der Waals surface area contributed by atoms with Crippen molar-refractivity contribution in [1.82, 2.24) is 26.2 Å². The minimum atomic E-state index is -1.08. The molecule has 0 aliphatic carbocycles. The van der Waals surface area contributed by atoms with Gasteiger partial charge in [-0.1, -0.05) is 42.5 Å². The predicted octanol–water partition coefficient (Wildman–Crippen LogP) is 4.59. The van der Waals surface area contributed by atoms with Crippen LogP contribution in [0.15, 0.2) is 54.6 Å². The van der Waals surface area contributed by atoms with Gasteiger partial charge >= 0.3 is 6.09 Å². The Bertz CT molecular complexity index is 1460. The number of carbonyl (C=O) groups excluding carboxylic acids is 5. The van der Waals surface area contributed by atoms with Crippen molar-refractivity contribution in [3.8, 4) is 5.75 Å². The highest BCUT2D eigenvalue weighted by Crippen LogP contribution is 2.19. The van der Waals surface area contributed by atoms with Crippen molar-refractivity contribution >= 4 is 53.2 Å². The zero-order valence-corrected chi connectivity index (χ0v) is 34.3. The summed E-state index contributed by atoms with van der Waals surface area (Å²) in [6.07, 6.45) is 4.60. The lowest BCUT2D eigenvalue weighted by atomic mass is 10.0. The molecule has 4 N–H and O–H groups in total. The van der Waals surface area contributed by atoms with E-state index in [2.05, 4.69) is 21.3 Å². The highest BCUT2D eigenvalue weighted by atomic mass is 32.2. The molecular weight excluding hydrogens is 715 g/mol. The third-order valence-corrected chi connectivity index (χ3v) is 9.05. The van der Waals surface area contributed by atoms with Gasteiger partial charge in [0.05, 0.1) is 6.54 Å². The summed E-state index contributed by atoms with van der Waals surface area (Å²) >= 11 is 3.19. The zero-order valence-electron chi connectivity index (χ0n) is 32.7. The molecule has 0 aliphatic heterocycles. The maximum Gasteiger partial charge on any atom is 0.408 e. The van der Waals surface area contributed by atoms with Crippen molar-refractivity contribution < 1.29 is 33.4 Å². The number of benzene rings is 2. The van der Waals surface area contributed by atoms with E-state index >= 15 is 0 Å². The third-order valence-electron chi connectivity index (χ3n) is 7.71. The zero-order chi connectivity index (χ0) is 39.6. The van der Waals surface area contributed by atoms with Crippen LogP contribution in [0.5, 0.6) is 5.75 Å². The molecule has 0 saturated carbocycles. The van der Waals surface area contributed by atoms with E-state index < -0.39 is 47.5 Å². The lowest BCUT2D eigenvalue weighted by Gasteiger charge is -2.28. The molecule has 0 saturated heterocycles. The number of hydrogen-bond acceptors (Lipinski definition) is 9. The van der Waals surface area contributed by atoms with Crippen LogP contribution in [0.4, 0.5) is 4.79 Å². The second kappa shape index (κ2) is 22.3. The largest absolute Gasteiger partial charge is 0.488 e. The van der Waals surface area contributed by atoms with Gasteiger partial charge in [-0.25, -0.2) is 4.79 Å². The van der Waals surface area contributed by atoms with Crippen LogP contribution in [0.2, 0.25) is 0 Å². The Kier molecular flexibility index (Phi) is 19.1. The van der Waals surface area contributed by atoms with Crippen LogP contribution in [-0.2, 0) is 36.8 Å². The highest BCUT2D eigenvalue weighted by Gasteiger charge is 2.31. The summed E-state index contributed by atoms with van der Waals surface area (Å²) in [7, 11) is 1.55. The van der Waals surface area contributed by atoms with Crippen LogP contribution in [0.25, 0.3) is 0 Å². The Hall–Kier alpha value is -3.91. The van der Waals surface area contributed by atoms with E-state index in [0.29, 0.717) is 24.5 Å². The molecule has 0 aliphatic rings. The molecule has 0 spiro atoms. The fourth-order valence-corrected chi connectivity index (χ4v) is 6.00. The second-order valence-corrected chi connectivity index (χ2v) is 16.6. The third kappa shape index (κ3) is 18.1. The van der Waals surface area contributed by atoms with E-state index in [9.17, 15) is 24.0 Å². The average Bonchev–Trinajstić information content (AvgIpc) is 3.08. The van der Waals surface area contributed by atoms with Gasteiger partial charge < -0.3 is 35.6 Å². The van der Waals surface area contributed by atoms with E-state index in [0.717, 1.165) is 23.3 Å². The Labute approximate surface area is 324 Å². The van der Waals surface area contributed by atoms with E-state index in [4.69, 9.17) is 9.47 Å². The van der Waals surface area contributed by atoms with Crippen LogP contribution >= 0.6 is 23.5 Å². The number of rotatable bonds is 20. The van der Waals surface area contributed by atoms with Crippen LogP contribution in [0.1, 0.15) is 65.5 Å². The fraction of sp³-hybridized carbons (Fsp3) is 0.564. The van der Waals surface area contributed by atoms with Crippen molar-refractivity contribution in [3.05, 3.63) is 65.7 Å². The fourth-order valence-electron chi connectivity index (χ4n) is 5.09. The minimum absolute atomic E-state index is 0.114. The minimum Gasteiger partial charge on any atom is -0.488 e. The summed E-state index contributed by atoms with van der Waals surface area (Å²) in [4.78, 5) is 68.2. The second-order valence-electron chi connectivity index (χ2n) is 14.7. The molecule has 2 aromatic rings. The van der Waals surface area contributed by atoms with Crippen LogP contribution in [0.3, 0.4) is 0 Å². The van der Waals surface area contributed by atoms with Gasteiger partial charge in [-0.2, -0.15) is 23.5 Å². The van der Waals surface area contributed by atoms with Gasteiger partial charge in [0.15, 0.2) is 0 Å². The van der Waals surface area contributed by atoms with Gasteiger partial charge in [-0.15, -0.1) is 0 Å². The number of likely N-dealkylation sites (N-methyl/N-ethyl adjacent to an activating group) is 1. The van der Waals surface area contributed by atoms with Crippen molar-refractivity contribution in [1.29, 1.82) is 0 Å². The van der Waals surface area contributed by atoms with E-state index in [1.54, 1.807) is 51.7 Å². The molecule has 3 atom stereocenters. The van der Waals surface area contributed by atoms with Crippen LogP contribution < -0.4 is 26.0 Å². The molecule has 12 nitrogen and oxygen atoms in total. The van der Waals surface area contributed by atoms with E-state index in [1.807, 2.05) is 75.7 Å². The molecule has 0 bridgehead atoms. The van der Waals surface area contributed by atoms with Gasteiger partial charge in [-0.3, -0.25) is 19.2 Å². The number of ether oxygens (including phenoxy) is 2. The first-order valence-electron chi connectivity index (χ1n) is 17.8. The molecule has 0 unspecified atom stereocenters. The van der Waals surface area contributed by atoms with Gasteiger partial charge in [0.1, 0.15) is 35.1 Å². The SMILES string of the molecule is CSCCCNC(=O)[C@H](Cc1ccccc1)N(C)C(=O)CNC(=O)[C@@H](CCSC)NC(=O)[C@H](Cc1ccc(OC(C)(C)C)cc1)NC(=O)OC(C)(C)C. The van der Waals surface area contributed by atoms with Crippen molar-refractivity contribution in [2.75, 3.05) is 44.2 Å². The lowest BCUT2D eigenvalue weighted by molar-refractivity contribution is -0.139. The molecule has 2 aromatic carbocycles. The topological polar surface area (TPSA) is 155 Å². The Morgan fingerprint density at radius 2 is 1.34 bits per heavy atom. The van der Waals surface area contributed by atoms with Gasteiger partial charge in [0.2, 0.25) is 23.6 Å². The molecule has 5 amide bonds. The van der Waals surface area contributed by atoms with E-state index in [-0.39, 0.29) is 30.9 Å². The molecule has 14 heteroatoms. The van der Waals surface area contributed by atoms with Gasteiger partial charge in [0, 0.05) is 26.4 Å². The monoisotopic (exact) mass is 773 g/mol.